The minimum atomic E-state index is -0.930. The van der Waals surface area contributed by atoms with Crippen LogP contribution in [0.25, 0.3) is 0 Å². The highest BCUT2D eigenvalue weighted by molar-refractivity contribution is 6.13. The highest BCUT2D eigenvalue weighted by Crippen LogP contribution is 2.47. The van der Waals surface area contributed by atoms with Crippen LogP contribution < -0.4 is 15.5 Å². The van der Waals surface area contributed by atoms with Gasteiger partial charge < -0.3 is 15.5 Å². The van der Waals surface area contributed by atoms with Gasteiger partial charge in [0.25, 0.3) is 0 Å². The number of anilines is 2. The maximum atomic E-state index is 12.8. The van der Waals surface area contributed by atoms with E-state index in [9.17, 15) is 9.59 Å². The van der Waals surface area contributed by atoms with Crippen LogP contribution in [0.2, 0.25) is 0 Å². The summed E-state index contributed by atoms with van der Waals surface area (Å²) in [6.07, 6.45) is 1.19. The summed E-state index contributed by atoms with van der Waals surface area (Å²) in [5, 5.41) is 5.86. The molecule has 2 N–H and O–H groups in total. The summed E-state index contributed by atoms with van der Waals surface area (Å²) in [5.41, 5.74) is 3.11. The normalized spacial score (nSPS) is 14.2. The second-order valence-corrected chi connectivity index (χ2v) is 7.36. The molecule has 2 amide bonds. The molecule has 0 spiro atoms. The van der Waals surface area contributed by atoms with Crippen LogP contribution in [0.1, 0.15) is 37.8 Å². The smallest absolute Gasteiger partial charge is 0.240 e. The molecule has 0 heterocycles. The Morgan fingerprint density at radius 3 is 2.18 bits per heavy atom. The third-order valence-corrected chi connectivity index (χ3v) is 5.57. The highest BCUT2D eigenvalue weighted by atomic mass is 16.2. The Kier molecular flexibility index (Phi) is 6.02. The fourth-order valence-corrected chi connectivity index (χ4v) is 3.43. The molecular formula is C23H29N3O2. The van der Waals surface area contributed by atoms with Crippen molar-refractivity contribution in [3.63, 3.8) is 0 Å². The van der Waals surface area contributed by atoms with Crippen LogP contribution in [0.5, 0.6) is 0 Å². The molecule has 0 unspecified atom stereocenters. The molecule has 5 nitrogen and oxygen atoms in total. The van der Waals surface area contributed by atoms with Gasteiger partial charge in [-0.25, -0.2) is 0 Å². The van der Waals surface area contributed by atoms with Gasteiger partial charge in [-0.05, 0) is 69.0 Å². The SMILES string of the molecule is CCN(CC)c1ccc(NC(=O)C2(C(=O)NCc3ccccc3C)CC2)cc1. The van der Waals surface area contributed by atoms with E-state index in [1.165, 1.54) is 0 Å². The fraction of sp³-hybridized carbons (Fsp3) is 0.391. The van der Waals surface area contributed by atoms with E-state index in [2.05, 4.69) is 29.4 Å². The van der Waals surface area contributed by atoms with Gasteiger partial charge in [-0.3, -0.25) is 9.59 Å². The van der Waals surface area contributed by atoms with Crippen LogP contribution in [0.15, 0.2) is 48.5 Å². The third kappa shape index (κ3) is 4.19. The molecule has 1 saturated carbocycles. The van der Waals surface area contributed by atoms with E-state index in [1.54, 1.807) is 0 Å². The highest BCUT2D eigenvalue weighted by Gasteiger charge is 2.56. The Morgan fingerprint density at radius 1 is 0.964 bits per heavy atom. The number of nitrogens with zero attached hydrogens (tertiary/aromatic N) is 1. The molecule has 2 aromatic carbocycles. The molecule has 1 aliphatic rings. The largest absolute Gasteiger partial charge is 0.372 e. The van der Waals surface area contributed by atoms with Gasteiger partial charge in [0.2, 0.25) is 11.8 Å². The van der Waals surface area contributed by atoms with Crippen molar-refractivity contribution in [1.82, 2.24) is 5.32 Å². The van der Waals surface area contributed by atoms with Gasteiger partial charge >= 0.3 is 0 Å². The zero-order valence-electron chi connectivity index (χ0n) is 16.9. The van der Waals surface area contributed by atoms with Crippen molar-refractivity contribution in [2.24, 2.45) is 5.41 Å². The molecule has 1 aliphatic carbocycles. The molecule has 0 saturated heterocycles. The number of aryl methyl sites for hydroxylation is 1. The van der Waals surface area contributed by atoms with Crippen molar-refractivity contribution in [2.45, 2.75) is 40.2 Å². The lowest BCUT2D eigenvalue weighted by atomic mass is 10.0. The van der Waals surface area contributed by atoms with Gasteiger partial charge in [0.05, 0.1) is 0 Å². The van der Waals surface area contributed by atoms with Gasteiger partial charge in [-0.15, -0.1) is 0 Å². The van der Waals surface area contributed by atoms with Crippen molar-refractivity contribution < 1.29 is 9.59 Å². The summed E-state index contributed by atoms with van der Waals surface area (Å²) in [7, 11) is 0. The van der Waals surface area contributed by atoms with Crippen molar-refractivity contribution in [3.8, 4) is 0 Å². The number of hydrogen-bond acceptors (Lipinski definition) is 3. The summed E-state index contributed by atoms with van der Waals surface area (Å²) >= 11 is 0. The number of nitrogens with one attached hydrogen (secondary N) is 2. The molecule has 0 atom stereocenters. The minimum Gasteiger partial charge on any atom is -0.372 e. The quantitative estimate of drug-likeness (QED) is 0.685. The molecule has 2 aromatic rings. The van der Waals surface area contributed by atoms with Crippen molar-refractivity contribution in [2.75, 3.05) is 23.3 Å². The number of carbonyl (C=O) groups is 2. The van der Waals surface area contributed by atoms with Crippen LogP contribution in [-0.2, 0) is 16.1 Å². The molecule has 3 rings (SSSR count). The van der Waals surface area contributed by atoms with Crippen LogP contribution >= 0.6 is 0 Å². The zero-order chi connectivity index (χ0) is 20.1. The molecular weight excluding hydrogens is 350 g/mol. The molecule has 0 bridgehead atoms. The van der Waals surface area contributed by atoms with E-state index in [-0.39, 0.29) is 11.8 Å². The first-order valence-electron chi connectivity index (χ1n) is 9.99. The van der Waals surface area contributed by atoms with E-state index in [0.29, 0.717) is 19.4 Å². The summed E-state index contributed by atoms with van der Waals surface area (Å²) in [6, 6.07) is 15.7. The predicted molar refractivity (Wildman–Crippen MR) is 113 cm³/mol. The van der Waals surface area contributed by atoms with Gasteiger partial charge in [0.1, 0.15) is 5.41 Å². The van der Waals surface area contributed by atoms with E-state index in [4.69, 9.17) is 0 Å². The number of rotatable bonds is 8. The maximum Gasteiger partial charge on any atom is 0.240 e. The van der Waals surface area contributed by atoms with Gasteiger partial charge in [0.15, 0.2) is 0 Å². The molecule has 1 fully saturated rings. The number of benzene rings is 2. The van der Waals surface area contributed by atoms with E-state index in [0.717, 1.165) is 35.6 Å². The number of amides is 2. The Hall–Kier alpha value is -2.82. The molecule has 0 aromatic heterocycles. The second-order valence-electron chi connectivity index (χ2n) is 7.36. The maximum absolute atomic E-state index is 12.8. The van der Waals surface area contributed by atoms with Crippen LogP contribution in [0.3, 0.4) is 0 Å². The van der Waals surface area contributed by atoms with E-state index >= 15 is 0 Å². The molecule has 28 heavy (non-hydrogen) atoms. The Morgan fingerprint density at radius 2 is 1.61 bits per heavy atom. The van der Waals surface area contributed by atoms with Crippen LogP contribution in [0, 0.1) is 12.3 Å². The monoisotopic (exact) mass is 379 g/mol. The van der Waals surface area contributed by atoms with E-state index < -0.39 is 5.41 Å². The summed E-state index contributed by atoms with van der Waals surface area (Å²) in [6.45, 7) is 8.57. The summed E-state index contributed by atoms with van der Waals surface area (Å²) in [5.74, 6) is -0.404. The molecule has 0 aliphatic heterocycles. The summed E-state index contributed by atoms with van der Waals surface area (Å²) in [4.78, 5) is 27.7. The van der Waals surface area contributed by atoms with Gasteiger partial charge in [0, 0.05) is 31.0 Å². The third-order valence-electron chi connectivity index (χ3n) is 5.57. The molecule has 148 valence electrons. The first-order valence-corrected chi connectivity index (χ1v) is 9.99. The lowest BCUT2D eigenvalue weighted by Crippen LogP contribution is -2.39. The van der Waals surface area contributed by atoms with Crippen molar-refractivity contribution in [3.05, 3.63) is 59.7 Å². The minimum absolute atomic E-state index is 0.187. The van der Waals surface area contributed by atoms with E-state index in [1.807, 2.05) is 55.5 Å². The van der Waals surface area contributed by atoms with Crippen LogP contribution in [0.4, 0.5) is 11.4 Å². The van der Waals surface area contributed by atoms with Crippen molar-refractivity contribution in [1.29, 1.82) is 0 Å². The Balaban J connectivity index is 1.60. The summed E-state index contributed by atoms with van der Waals surface area (Å²) < 4.78 is 0. The topological polar surface area (TPSA) is 61.4 Å². The average molecular weight is 380 g/mol. The zero-order valence-corrected chi connectivity index (χ0v) is 16.9. The standard InChI is InChI=1S/C23H29N3O2/c1-4-26(5-2)20-12-10-19(11-13-20)25-22(28)23(14-15-23)21(27)24-16-18-9-7-6-8-17(18)3/h6-13H,4-5,14-16H2,1-3H3,(H,24,27)(H,25,28). The first kappa shape index (κ1) is 19.9. The average Bonchev–Trinajstić information content (AvgIpc) is 3.51. The van der Waals surface area contributed by atoms with Crippen molar-refractivity contribution >= 4 is 23.2 Å². The van der Waals surface area contributed by atoms with Gasteiger partial charge in [-0.2, -0.15) is 0 Å². The Labute approximate surface area is 167 Å². The predicted octanol–water partition coefficient (Wildman–Crippen LogP) is 3.88. The Bertz CT molecular complexity index is 837. The molecule has 0 radical (unpaired) electrons. The number of hydrogen-bond donors (Lipinski definition) is 2. The fourth-order valence-electron chi connectivity index (χ4n) is 3.43. The van der Waals surface area contributed by atoms with Gasteiger partial charge in [-0.1, -0.05) is 24.3 Å². The lowest BCUT2D eigenvalue weighted by molar-refractivity contribution is -0.134. The second kappa shape index (κ2) is 8.46. The lowest BCUT2D eigenvalue weighted by Gasteiger charge is -2.21. The number of carbonyl (C=O) groups excluding carboxylic acids is 2. The molecule has 5 heteroatoms. The first-order chi connectivity index (χ1) is 13.5. The van der Waals surface area contributed by atoms with Crippen LogP contribution in [-0.4, -0.2) is 24.9 Å².